The molecular weight excluding hydrogens is 257 g/mol. The fourth-order valence-corrected chi connectivity index (χ4v) is 1.66. The minimum Gasteiger partial charge on any atom is -0.505 e. The summed E-state index contributed by atoms with van der Waals surface area (Å²) >= 11 is 0. The van der Waals surface area contributed by atoms with Crippen LogP contribution in [0, 0.1) is 6.92 Å². The Labute approximate surface area is 107 Å². The van der Waals surface area contributed by atoms with Gasteiger partial charge >= 0.3 is 6.18 Å². The van der Waals surface area contributed by atoms with E-state index in [0.29, 0.717) is 5.56 Å². The summed E-state index contributed by atoms with van der Waals surface area (Å²) in [4.78, 5) is 3.89. The molecule has 0 amide bonds. The number of aromatic nitrogens is 1. The molecule has 0 aliphatic heterocycles. The van der Waals surface area contributed by atoms with Gasteiger partial charge in [-0.3, -0.25) is 4.98 Å². The van der Waals surface area contributed by atoms with E-state index in [2.05, 4.69) is 4.98 Å². The van der Waals surface area contributed by atoms with Crippen LogP contribution in [-0.2, 0) is 6.18 Å². The number of hydrogen-bond acceptors (Lipinski definition) is 3. The van der Waals surface area contributed by atoms with E-state index in [-0.39, 0.29) is 22.7 Å². The smallest absolute Gasteiger partial charge is 0.416 e. The first-order valence-electron chi connectivity index (χ1n) is 5.42. The molecule has 3 nitrogen and oxygen atoms in total. The average Bonchev–Trinajstić information content (AvgIpc) is 2.35. The summed E-state index contributed by atoms with van der Waals surface area (Å²) < 4.78 is 37.9. The zero-order chi connectivity index (χ0) is 14.2. The number of aromatic hydroxyl groups is 1. The standard InChI is InChI=1S/C13H11F3N2O/c1-7-10(17)6-18-11(12(7)19)8-3-2-4-9(5-8)13(14,15)16/h2-6,19H,17H2,1H3. The fourth-order valence-electron chi connectivity index (χ4n) is 1.66. The number of rotatable bonds is 1. The van der Waals surface area contributed by atoms with Gasteiger partial charge in [0.15, 0.2) is 0 Å². The lowest BCUT2D eigenvalue weighted by Gasteiger charge is -2.11. The minimum absolute atomic E-state index is 0.0813. The van der Waals surface area contributed by atoms with Crippen molar-refractivity contribution in [2.24, 2.45) is 0 Å². The minimum atomic E-state index is -4.44. The highest BCUT2D eigenvalue weighted by molar-refractivity contribution is 5.71. The molecule has 0 aliphatic carbocycles. The third kappa shape index (κ3) is 2.47. The first kappa shape index (κ1) is 13.2. The molecule has 0 fully saturated rings. The summed E-state index contributed by atoms with van der Waals surface area (Å²) in [5.74, 6) is -0.209. The summed E-state index contributed by atoms with van der Waals surface area (Å²) in [7, 11) is 0. The lowest BCUT2D eigenvalue weighted by molar-refractivity contribution is -0.137. The van der Waals surface area contributed by atoms with Gasteiger partial charge in [-0.1, -0.05) is 12.1 Å². The average molecular weight is 268 g/mol. The Bertz CT molecular complexity index is 624. The second kappa shape index (κ2) is 4.46. The normalized spacial score (nSPS) is 11.6. The van der Waals surface area contributed by atoms with Crippen molar-refractivity contribution in [3.8, 4) is 17.0 Å². The van der Waals surface area contributed by atoms with Crippen molar-refractivity contribution in [3.63, 3.8) is 0 Å². The van der Waals surface area contributed by atoms with Crippen molar-refractivity contribution in [1.29, 1.82) is 0 Å². The summed E-state index contributed by atoms with van der Waals surface area (Å²) in [6, 6.07) is 4.63. The van der Waals surface area contributed by atoms with Gasteiger partial charge in [0, 0.05) is 11.1 Å². The number of pyridine rings is 1. The van der Waals surface area contributed by atoms with Gasteiger partial charge < -0.3 is 10.8 Å². The topological polar surface area (TPSA) is 59.1 Å². The monoisotopic (exact) mass is 268 g/mol. The van der Waals surface area contributed by atoms with E-state index in [4.69, 9.17) is 5.73 Å². The molecule has 1 heterocycles. The quantitative estimate of drug-likeness (QED) is 0.833. The maximum absolute atomic E-state index is 12.6. The first-order chi connectivity index (χ1) is 8.80. The van der Waals surface area contributed by atoms with Crippen LogP contribution in [0.4, 0.5) is 18.9 Å². The Morgan fingerprint density at radius 2 is 1.95 bits per heavy atom. The summed E-state index contributed by atoms with van der Waals surface area (Å²) in [5, 5.41) is 9.90. The second-order valence-electron chi connectivity index (χ2n) is 4.11. The highest BCUT2D eigenvalue weighted by Crippen LogP contribution is 2.36. The van der Waals surface area contributed by atoms with Gasteiger partial charge in [-0.05, 0) is 19.1 Å². The highest BCUT2D eigenvalue weighted by Gasteiger charge is 2.30. The lowest BCUT2D eigenvalue weighted by Crippen LogP contribution is -2.04. The molecule has 0 radical (unpaired) electrons. The Hall–Kier alpha value is -2.24. The van der Waals surface area contributed by atoms with Crippen molar-refractivity contribution < 1.29 is 18.3 Å². The van der Waals surface area contributed by atoms with Crippen molar-refractivity contribution in [2.45, 2.75) is 13.1 Å². The van der Waals surface area contributed by atoms with E-state index in [1.807, 2.05) is 0 Å². The third-order valence-corrected chi connectivity index (χ3v) is 2.81. The number of anilines is 1. The van der Waals surface area contributed by atoms with Gasteiger partial charge in [-0.15, -0.1) is 0 Å². The molecule has 0 aliphatic rings. The Balaban J connectivity index is 2.57. The van der Waals surface area contributed by atoms with Crippen molar-refractivity contribution in [3.05, 3.63) is 41.6 Å². The van der Waals surface area contributed by atoms with Crippen LogP contribution in [0.2, 0.25) is 0 Å². The maximum atomic E-state index is 12.6. The molecule has 1 aromatic carbocycles. The SMILES string of the molecule is Cc1c(N)cnc(-c2cccc(C(F)(F)F)c2)c1O. The number of nitrogens with two attached hydrogens (primary N) is 1. The van der Waals surface area contributed by atoms with E-state index >= 15 is 0 Å². The van der Waals surface area contributed by atoms with Crippen LogP contribution in [0.15, 0.2) is 30.5 Å². The fraction of sp³-hybridized carbons (Fsp3) is 0.154. The van der Waals surface area contributed by atoms with Crippen LogP contribution < -0.4 is 5.73 Å². The van der Waals surface area contributed by atoms with E-state index in [1.54, 1.807) is 6.92 Å². The molecule has 0 bridgehead atoms. The summed E-state index contributed by atoms with van der Waals surface area (Å²) in [5.41, 5.74) is 5.72. The van der Waals surface area contributed by atoms with Crippen LogP contribution >= 0.6 is 0 Å². The van der Waals surface area contributed by atoms with Crippen LogP contribution in [0.1, 0.15) is 11.1 Å². The van der Waals surface area contributed by atoms with Gasteiger partial charge in [-0.25, -0.2) is 0 Å². The van der Waals surface area contributed by atoms with Crippen molar-refractivity contribution >= 4 is 5.69 Å². The molecule has 1 aromatic heterocycles. The van der Waals surface area contributed by atoms with Gasteiger partial charge in [0.05, 0.1) is 17.4 Å². The van der Waals surface area contributed by atoms with Crippen LogP contribution in [0.3, 0.4) is 0 Å². The molecule has 2 aromatic rings. The largest absolute Gasteiger partial charge is 0.505 e. The Morgan fingerprint density at radius 3 is 2.58 bits per heavy atom. The predicted octanol–water partition coefficient (Wildman–Crippen LogP) is 3.36. The van der Waals surface area contributed by atoms with Gasteiger partial charge in [0.25, 0.3) is 0 Å². The molecule has 6 heteroatoms. The molecule has 0 unspecified atom stereocenters. The summed E-state index contributed by atoms with van der Waals surface area (Å²) in [6.07, 6.45) is -3.13. The highest BCUT2D eigenvalue weighted by atomic mass is 19.4. The van der Waals surface area contributed by atoms with E-state index < -0.39 is 11.7 Å². The Kier molecular flexibility index (Phi) is 3.09. The number of hydrogen-bond donors (Lipinski definition) is 2. The molecular formula is C13H11F3N2O. The molecule has 0 saturated carbocycles. The van der Waals surface area contributed by atoms with Gasteiger partial charge in [-0.2, -0.15) is 13.2 Å². The molecule has 0 atom stereocenters. The van der Waals surface area contributed by atoms with E-state index in [1.165, 1.54) is 18.3 Å². The van der Waals surface area contributed by atoms with Gasteiger partial charge in [0.2, 0.25) is 0 Å². The number of halogens is 3. The van der Waals surface area contributed by atoms with Crippen LogP contribution in [0.5, 0.6) is 5.75 Å². The van der Waals surface area contributed by atoms with Gasteiger partial charge in [0.1, 0.15) is 11.4 Å². The molecule has 100 valence electrons. The van der Waals surface area contributed by atoms with Crippen molar-refractivity contribution in [2.75, 3.05) is 5.73 Å². The molecule has 0 saturated heterocycles. The molecule has 19 heavy (non-hydrogen) atoms. The van der Waals surface area contributed by atoms with Crippen LogP contribution in [0.25, 0.3) is 11.3 Å². The van der Waals surface area contributed by atoms with Crippen molar-refractivity contribution in [1.82, 2.24) is 4.98 Å². The zero-order valence-electron chi connectivity index (χ0n) is 9.99. The number of benzene rings is 1. The van der Waals surface area contributed by atoms with Crippen LogP contribution in [-0.4, -0.2) is 10.1 Å². The van der Waals surface area contributed by atoms with E-state index in [9.17, 15) is 18.3 Å². The molecule has 2 rings (SSSR count). The first-order valence-corrected chi connectivity index (χ1v) is 5.42. The number of nitrogens with zero attached hydrogens (tertiary/aromatic N) is 1. The van der Waals surface area contributed by atoms with E-state index in [0.717, 1.165) is 12.1 Å². The predicted molar refractivity (Wildman–Crippen MR) is 65.5 cm³/mol. The summed E-state index contributed by atoms with van der Waals surface area (Å²) in [6.45, 7) is 1.57. The number of nitrogen functional groups attached to an aromatic ring is 1. The Morgan fingerprint density at radius 1 is 1.26 bits per heavy atom. The maximum Gasteiger partial charge on any atom is 0.416 e. The molecule has 3 N–H and O–H groups in total. The number of alkyl halides is 3. The second-order valence-corrected chi connectivity index (χ2v) is 4.11. The molecule has 0 spiro atoms. The zero-order valence-corrected chi connectivity index (χ0v) is 9.99. The third-order valence-electron chi connectivity index (χ3n) is 2.81. The lowest BCUT2D eigenvalue weighted by atomic mass is 10.0.